The minimum atomic E-state index is -3.43. The van der Waals surface area contributed by atoms with Gasteiger partial charge in [0.1, 0.15) is 5.25 Å². The predicted octanol–water partition coefficient (Wildman–Crippen LogP) is 5.47. The van der Waals surface area contributed by atoms with Crippen molar-refractivity contribution >= 4 is 15.7 Å². The van der Waals surface area contributed by atoms with E-state index < -0.39 is 21.0 Å². The Kier molecular flexibility index (Phi) is 15.3. The maximum atomic E-state index is 12.0. The minimum absolute atomic E-state index is 0.0498. The molecule has 1 radical (unpaired) electrons. The van der Waals surface area contributed by atoms with Crippen LogP contribution in [0.1, 0.15) is 110 Å². The lowest BCUT2D eigenvalue weighted by atomic mass is 10.0. The second-order valence-corrected chi connectivity index (χ2v) is 9.53. The molecule has 1 N–H and O–H groups in total. The number of hydrogen-bond acceptors (Lipinski definition) is 3. The Morgan fingerprint density at radius 2 is 1.08 bits per heavy atom. The normalized spacial score (nSPS) is 13.0. The van der Waals surface area contributed by atoms with Crippen molar-refractivity contribution in [1.29, 1.82) is 0 Å². The van der Waals surface area contributed by atoms with Crippen LogP contribution in [0, 0.1) is 0 Å². The molecule has 0 rings (SSSR count). The third kappa shape index (κ3) is 13.3. The van der Waals surface area contributed by atoms with Crippen molar-refractivity contribution in [2.45, 2.75) is 115 Å². The van der Waals surface area contributed by atoms with Crippen molar-refractivity contribution < 1.29 is 13.2 Å². The Morgan fingerprint density at radius 3 is 1.40 bits per heavy atom. The second kappa shape index (κ2) is 15.7. The molecule has 0 saturated heterocycles. The molecule has 0 aliphatic carbocycles. The highest BCUT2D eigenvalue weighted by Gasteiger charge is 2.28. The topological polar surface area (TPSA) is 75.0 Å². The highest BCUT2D eigenvalue weighted by molar-refractivity contribution is 7.92. The molecular formula is C20H40NO3S. The molecule has 0 heterocycles. The van der Waals surface area contributed by atoms with Gasteiger partial charge in [-0.25, -0.2) is 8.42 Å². The lowest BCUT2D eigenvalue weighted by Gasteiger charge is -2.11. The molecule has 0 aromatic carbocycles. The lowest BCUT2D eigenvalue weighted by Crippen LogP contribution is -2.32. The highest BCUT2D eigenvalue weighted by Crippen LogP contribution is 2.14. The maximum Gasteiger partial charge on any atom is 0.256 e. The first-order chi connectivity index (χ1) is 12.0. The van der Waals surface area contributed by atoms with Gasteiger partial charge in [-0.1, -0.05) is 97.3 Å². The van der Waals surface area contributed by atoms with E-state index in [0.717, 1.165) is 12.8 Å². The molecule has 1 atom stereocenters. The third-order valence-electron chi connectivity index (χ3n) is 4.88. The molecule has 0 aliphatic rings. The van der Waals surface area contributed by atoms with Gasteiger partial charge in [0.15, 0.2) is 9.84 Å². The SMILES string of the molecule is CCCCCCCCCCCCCCCCS(=O)(=O)C(CC)C([NH])=O. The number of carbonyl (C=O) groups excluding carboxylic acids is 1. The highest BCUT2D eigenvalue weighted by atomic mass is 32.2. The Bertz CT molecular complexity index is 421. The summed E-state index contributed by atoms with van der Waals surface area (Å²) < 4.78 is 24.0. The summed E-state index contributed by atoms with van der Waals surface area (Å²) in [4.78, 5) is 11.1. The van der Waals surface area contributed by atoms with Crippen LogP contribution in [0.4, 0.5) is 0 Å². The summed E-state index contributed by atoms with van der Waals surface area (Å²) in [5.74, 6) is -0.915. The Labute approximate surface area is 156 Å². The molecule has 0 saturated carbocycles. The summed E-state index contributed by atoms with van der Waals surface area (Å²) in [7, 11) is -3.43. The number of sulfone groups is 1. The summed E-state index contributed by atoms with van der Waals surface area (Å²) in [6.45, 7) is 3.90. The first-order valence-electron chi connectivity index (χ1n) is 10.4. The first-order valence-corrected chi connectivity index (χ1v) is 12.1. The third-order valence-corrected chi connectivity index (χ3v) is 7.15. The molecule has 1 amide bonds. The van der Waals surface area contributed by atoms with Crippen molar-refractivity contribution in [3.63, 3.8) is 0 Å². The summed E-state index contributed by atoms with van der Waals surface area (Å²) >= 11 is 0. The van der Waals surface area contributed by atoms with E-state index in [1.54, 1.807) is 6.92 Å². The Morgan fingerprint density at radius 1 is 0.720 bits per heavy atom. The van der Waals surface area contributed by atoms with Gasteiger partial charge >= 0.3 is 0 Å². The van der Waals surface area contributed by atoms with Crippen LogP contribution in [0.25, 0.3) is 0 Å². The van der Waals surface area contributed by atoms with Crippen molar-refractivity contribution in [1.82, 2.24) is 5.73 Å². The summed E-state index contributed by atoms with van der Waals surface area (Å²) in [5.41, 5.74) is 7.06. The van der Waals surface area contributed by atoms with Crippen LogP contribution in [0.5, 0.6) is 0 Å². The molecule has 0 bridgehead atoms. The Hall–Kier alpha value is -0.580. The van der Waals surface area contributed by atoms with E-state index in [2.05, 4.69) is 6.92 Å². The van der Waals surface area contributed by atoms with Crippen molar-refractivity contribution in [2.75, 3.05) is 5.75 Å². The molecule has 0 aliphatic heterocycles. The van der Waals surface area contributed by atoms with Gasteiger partial charge in [-0.3, -0.25) is 10.5 Å². The average Bonchev–Trinajstić information content (AvgIpc) is 2.55. The minimum Gasteiger partial charge on any atom is -0.272 e. The molecule has 5 heteroatoms. The molecule has 1 unspecified atom stereocenters. The molecular weight excluding hydrogens is 334 g/mol. The fourth-order valence-electron chi connectivity index (χ4n) is 3.24. The number of nitrogens with one attached hydrogen (secondary N) is 1. The van der Waals surface area contributed by atoms with E-state index in [1.807, 2.05) is 0 Å². The molecule has 149 valence electrons. The zero-order valence-corrected chi connectivity index (χ0v) is 17.3. The van der Waals surface area contributed by atoms with Crippen LogP contribution in [-0.2, 0) is 14.6 Å². The lowest BCUT2D eigenvalue weighted by molar-refractivity contribution is -0.118. The quantitative estimate of drug-likeness (QED) is 0.298. The number of carbonyl (C=O) groups is 1. The van der Waals surface area contributed by atoms with Gasteiger partial charge in [0.05, 0.1) is 5.75 Å². The predicted molar refractivity (Wildman–Crippen MR) is 106 cm³/mol. The van der Waals surface area contributed by atoms with Crippen molar-refractivity contribution in [3.8, 4) is 0 Å². The van der Waals surface area contributed by atoms with Crippen LogP contribution in [0.2, 0.25) is 0 Å². The van der Waals surface area contributed by atoms with Gasteiger partial charge in [-0.2, -0.15) is 0 Å². The van der Waals surface area contributed by atoms with Gasteiger partial charge in [0.2, 0.25) is 0 Å². The summed E-state index contributed by atoms with van der Waals surface area (Å²) in [6.07, 6.45) is 17.4. The maximum absolute atomic E-state index is 12.0. The van der Waals surface area contributed by atoms with Gasteiger partial charge < -0.3 is 0 Å². The van der Waals surface area contributed by atoms with Gasteiger partial charge in [-0.15, -0.1) is 0 Å². The molecule has 25 heavy (non-hydrogen) atoms. The van der Waals surface area contributed by atoms with Crippen LogP contribution >= 0.6 is 0 Å². The largest absolute Gasteiger partial charge is 0.272 e. The van der Waals surface area contributed by atoms with Crippen LogP contribution in [0.15, 0.2) is 0 Å². The second-order valence-electron chi connectivity index (χ2n) is 7.22. The first kappa shape index (κ1) is 24.4. The number of amides is 1. The van der Waals surface area contributed by atoms with Gasteiger partial charge in [0.25, 0.3) is 5.91 Å². The molecule has 0 aromatic heterocycles. The average molecular weight is 375 g/mol. The monoisotopic (exact) mass is 374 g/mol. The van der Waals surface area contributed by atoms with Crippen LogP contribution in [-0.4, -0.2) is 25.3 Å². The fourth-order valence-corrected chi connectivity index (χ4v) is 4.97. The standard InChI is InChI=1S/C20H40NO3S/c1-3-5-6-7-8-9-10-11-12-13-14-15-16-17-18-25(23,24)19(4-2)20(21)22/h19,21H,3-18H2,1-2H3. The number of rotatable bonds is 18. The van der Waals surface area contributed by atoms with Crippen LogP contribution < -0.4 is 5.73 Å². The fraction of sp³-hybridized carbons (Fsp3) is 0.950. The smallest absolute Gasteiger partial charge is 0.256 e. The molecule has 4 nitrogen and oxygen atoms in total. The van der Waals surface area contributed by atoms with E-state index in [0.29, 0.717) is 6.42 Å². The molecule has 0 spiro atoms. The summed E-state index contributed by atoms with van der Waals surface area (Å²) in [5, 5.41) is -1.12. The van der Waals surface area contributed by atoms with E-state index in [-0.39, 0.29) is 12.2 Å². The zero-order chi connectivity index (χ0) is 19.0. The van der Waals surface area contributed by atoms with Gasteiger partial charge in [-0.05, 0) is 12.8 Å². The number of hydrogen-bond donors (Lipinski definition) is 0. The van der Waals surface area contributed by atoms with E-state index >= 15 is 0 Å². The van der Waals surface area contributed by atoms with Crippen LogP contribution in [0.3, 0.4) is 0 Å². The molecule has 0 fully saturated rings. The van der Waals surface area contributed by atoms with E-state index in [9.17, 15) is 13.2 Å². The Balaban J connectivity index is 3.46. The number of unbranched alkanes of at least 4 members (excludes halogenated alkanes) is 13. The summed E-state index contributed by atoms with van der Waals surface area (Å²) in [6, 6.07) is 0. The van der Waals surface area contributed by atoms with E-state index in [1.165, 1.54) is 70.6 Å². The zero-order valence-electron chi connectivity index (χ0n) is 16.5. The van der Waals surface area contributed by atoms with E-state index in [4.69, 9.17) is 5.73 Å². The van der Waals surface area contributed by atoms with Gasteiger partial charge in [0, 0.05) is 0 Å². The van der Waals surface area contributed by atoms with Crippen molar-refractivity contribution in [2.24, 2.45) is 0 Å². The molecule has 0 aromatic rings. The van der Waals surface area contributed by atoms with Crippen molar-refractivity contribution in [3.05, 3.63) is 0 Å².